The molecule has 0 fully saturated rings. The molecule has 6 heteroatoms. The minimum absolute atomic E-state index is 0.494. The number of hydrogen-bond donors (Lipinski definition) is 1. The van der Waals surface area contributed by atoms with Gasteiger partial charge in [0.05, 0.1) is 0 Å². The van der Waals surface area contributed by atoms with Crippen molar-refractivity contribution in [2.45, 2.75) is 43.4 Å². The van der Waals surface area contributed by atoms with E-state index in [-0.39, 0.29) is 0 Å². The first kappa shape index (κ1) is 13.8. The molecule has 0 spiro atoms. The van der Waals surface area contributed by atoms with E-state index in [1.165, 1.54) is 28.6 Å². The highest BCUT2D eigenvalue weighted by atomic mass is 32.2. The number of rotatable bonds is 3. The van der Waals surface area contributed by atoms with Crippen LogP contribution in [0.4, 0.5) is 0 Å². The van der Waals surface area contributed by atoms with Crippen LogP contribution in [0.5, 0.6) is 0 Å². The van der Waals surface area contributed by atoms with Gasteiger partial charge in [0, 0.05) is 10.3 Å². The number of thioether (sulfide) groups is 1. The summed E-state index contributed by atoms with van der Waals surface area (Å²) in [6, 6.07) is 0. The lowest BCUT2D eigenvalue weighted by Gasteiger charge is -2.18. The van der Waals surface area contributed by atoms with Gasteiger partial charge in [-0.3, -0.25) is 4.79 Å². The van der Waals surface area contributed by atoms with Crippen molar-refractivity contribution in [1.82, 2.24) is 9.97 Å². The summed E-state index contributed by atoms with van der Waals surface area (Å²) >= 11 is 3.06. The summed E-state index contributed by atoms with van der Waals surface area (Å²) in [6.45, 7) is 3.98. The number of aryl methyl sites for hydroxylation is 1. The molecule has 106 valence electrons. The van der Waals surface area contributed by atoms with Crippen molar-refractivity contribution in [2.75, 3.05) is 0 Å². The fourth-order valence-electron chi connectivity index (χ4n) is 2.55. The molecule has 0 aliphatic heterocycles. The standard InChI is InChI=1S/C14H16N2O2S2/c1-7-3-4-9-10(5-7)20-13-11(9)12(15-6-16-13)19-8(2)14(17)18/h6-8H,3-5H2,1-2H3,(H,17,18)/t7-,8+/m0/s1. The Morgan fingerprint density at radius 1 is 1.55 bits per heavy atom. The summed E-state index contributed by atoms with van der Waals surface area (Å²) in [5.41, 5.74) is 1.35. The van der Waals surface area contributed by atoms with Gasteiger partial charge in [-0.1, -0.05) is 18.7 Å². The van der Waals surface area contributed by atoms with E-state index in [0.29, 0.717) is 0 Å². The van der Waals surface area contributed by atoms with Crippen LogP contribution in [0.3, 0.4) is 0 Å². The lowest BCUT2D eigenvalue weighted by atomic mass is 9.89. The largest absolute Gasteiger partial charge is 0.480 e. The summed E-state index contributed by atoms with van der Waals surface area (Å²) < 4.78 is 0. The third-order valence-corrected chi connectivity index (χ3v) is 5.94. The first-order chi connectivity index (χ1) is 9.56. The summed E-state index contributed by atoms with van der Waals surface area (Å²) in [4.78, 5) is 22.1. The van der Waals surface area contributed by atoms with Gasteiger partial charge in [0.2, 0.25) is 0 Å². The fraction of sp³-hybridized carbons (Fsp3) is 0.500. The van der Waals surface area contributed by atoms with Crippen molar-refractivity contribution >= 4 is 39.3 Å². The zero-order valence-corrected chi connectivity index (χ0v) is 13.1. The number of aromatic nitrogens is 2. The predicted molar refractivity (Wildman–Crippen MR) is 81.6 cm³/mol. The Labute approximate surface area is 125 Å². The molecule has 2 atom stereocenters. The molecule has 1 aliphatic rings. The molecule has 1 N–H and O–H groups in total. The van der Waals surface area contributed by atoms with Gasteiger partial charge in [-0.15, -0.1) is 11.3 Å². The Kier molecular flexibility index (Phi) is 3.69. The second-order valence-corrected chi connectivity index (χ2v) is 7.72. The highest BCUT2D eigenvalue weighted by Gasteiger charge is 2.24. The van der Waals surface area contributed by atoms with Gasteiger partial charge in [0.25, 0.3) is 0 Å². The number of aliphatic carboxylic acids is 1. The van der Waals surface area contributed by atoms with Crippen molar-refractivity contribution in [2.24, 2.45) is 5.92 Å². The van der Waals surface area contributed by atoms with Crippen LogP contribution < -0.4 is 0 Å². The molecule has 2 aromatic heterocycles. The van der Waals surface area contributed by atoms with Crippen molar-refractivity contribution in [1.29, 1.82) is 0 Å². The Hall–Kier alpha value is -1.14. The van der Waals surface area contributed by atoms with E-state index in [4.69, 9.17) is 5.11 Å². The Morgan fingerprint density at radius 3 is 3.10 bits per heavy atom. The van der Waals surface area contributed by atoms with Crippen LogP contribution in [0.2, 0.25) is 0 Å². The second-order valence-electron chi connectivity index (χ2n) is 5.31. The van der Waals surface area contributed by atoms with E-state index in [1.54, 1.807) is 24.6 Å². The molecule has 0 aromatic carbocycles. The summed E-state index contributed by atoms with van der Waals surface area (Å²) in [6.07, 6.45) is 4.89. The third kappa shape index (κ3) is 2.42. The first-order valence-electron chi connectivity index (χ1n) is 6.71. The molecule has 1 aliphatic carbocycles. The molecule has 2 aromatic rings. The molecule has 3 rings (SSSR count). The van der Waals surface area contributed by atoms with E-state index in [0.717, 1.165) is 34.0 Å². The van der Waals surface area contributed by atoms with Gasteiger partial charge in [0.15, 0.2) is 0 Å². The Morgan fingerprint density at radius 2 is 2.35 bits per heavy atom. The van der Waals surface area contributed by atoms with Crippen LogP contribution in [0, 0.1) is 5.92 Å². The number of nitrogens with zero attached hydrogens (tertiary/aromatic N) is 2. The number of carboxylic acid groups (broad SMARTS) is 1. The number of carbonyl (C=O) groups is 1. The Balaban J connectivity index is 2.07. The molecule has 0 saturated carbocycles. The second kappa shape index (κ2) is 5.33. The topological polar surface area (TPSA) is 63.1 Å². The van der Waals surface area contributed by atoms with Crippen LogP contribution in [0.15, 0.2) is 11.4 Å². The van der Waals surface area contributed by atoms with E-state index in [9.17, 15) is 4.79 Å². The SMILES string of the molecule is C[C@H]1CCc2c(sc3ncnc(S[C@H](C)C(=O)O)c23)C1. The molecular formula is C14H16N2O2S2. The van der Waals surface area contributed by atoms with Gasteiger partial charge in [-0.2, -0.15) is 0 Å². The van der Waals surface area contributed by atoms with Crippen LogP contribution in [-0.2, 0) is 17.6 Å². The summed E-state index contributed by atoms with van der Waals surface area (Å²) in [5, 5.41) is 10.5. The molecule has 0 bridgehead atoms. The first-order valence-corrected chi connectivity index (χ1v) is 8.40. The average molecular weight is 308 g/mol. The maximum absolute atomic E-state index is 11.0. The minimum atomic E-state index is -0.806. The molecule has 0 saturated heterocycles. The zero-order chi connectivity index (χ0) is 14.3. The van der Waals surface area contributed by atoms with E-state index in [2.05, 4.69) is 16.9 Å². The molecule has 4 nitrogen and oxygen atoms in total. The van der Waals surface area contributed by atoms with Gasteiger partial charge < -0.3 is 5.11 Å². The van der Waals surface area contributed by atoms with E-state index < -0.39 is 11.2 Å². The average Bonchev–Trinajstić information content (AvgIpc) is 2.76. The van der Waals surface area contributed by atoms with E-state index >= 15 is 0 Å². The van der Waals surface area contributed by atoms with Crippen LogP contribution in [-0.4, -0.2) is 26.3 Å². The zero-order valence-electron chi connectivity index (χ0n) is 11.4. The molecule has 0 radical (unpaired) electrons. The summed E-state index contributed by atoms with van der Waals surface area (Å²) in [5.74, 6) is -0.0861. The van der Waals surface area contributed by atoms with Gasteiger partial charge in [-0.25, -0.2) is 9.97 Å². The number of fused-ring (bicyclic) bond motifs is 3. The maximum Gasteiger partial charge on any atom is 0.316 e. The fourth-order valence-corrected chi connectivity index (χ4v) is 4.85. The van der Waals surface area contributed by atoms with Gasteiger partial charge in [0.1, 0.15) is 21.4 Å². The monoisotopic (exact) mass is 308 g/mol. The Bertz CT molecular complexity index is 668. The quantitative estimate of drug-likeness (QED) is 0.695. The number of hydrogen-bond acceptors (Lipinski definition) is 5. The highest BCUT2D eigenvalue weighted by Crippen LogP contribution is 2.41. The highest BCUT2D eigenvalue weighted by molar-refractivity contribution is 8.00. The lowest BCUT2D eigenvalue weighted by molar-refractivity contribution is -0.136. The number of thiophene rings is 1. The smallest absolute Gasteiger partial charge is 0.316 e. The molecule has 2 heterocycles. The maximum atomic E-state index is 11.0. The van der Waals surface area contributed by atoms with Crippen molar-refractivity contribution in [3.63, 3.8) is 0 Å². The van der Waals surface area contributed by atoms with Crippen LogP contribution >= 0.6 is 23.1 Å². The van der Waals surface area contributed by atoms with Crippen molar-refractivity contribution in [3.05, 3.63) is 16.8 Å². The molecule has 0 unspecified atom stereocenters. The van der Waals surface area contributed by atoms with E-state index in [1.807, 2.05) is 0 Å². The lowest BCUT2D eigenvalue weighted by Crippen LogP contribution is -2.12. The number of carboxylic acids is 1. The third-order valence-electron chi connectivity index (χ3n) is 3.69. The summed E-state index contributed by atoms with van der Waals surface area (Å²) in [7, 11) is 0. The van der Waals surface area contributed by atoms with Crippen LogP contribution in [0.1, 0.15) is 30.7 Å². The predicted octanol–water partition coefficient (Wildman–Crippen LogP) is 3.38. The van der Waals surface area contributed by atoms with Gasteiger partial charge >= 0.3 is 5.97 Å². The van der Waals surface area contributed by atoms with Crippen molar-refractivity contribution in [3.8, 4) is 0 Å². The minimum Gasteiger partial charge on any atom is -0.480 e. The van der Waals surface area contributed by atoms with Crippen molar-refractivity contribution < 1.29 is 9.90 Å². The van der Waals surface area contributed by atoms with Gasteiger partial charge in [-0.05, 0) is 37.7 Å². The molecule has 0 amide bonds. The normalized spacial score (nSPS) is 19.8. The van der Waals surface area contributed by atoms with Crippen LogP contribution in [0.25, 0.3) is 10.2 Å². The molecule has 20 heavy (non-hydrogen) atoms. The molecular weight excluding hydrogens is 292 g/mol.